The molecule has 0 unspecified atom stereocenters. The maximum atomic E-state index is 12.5. The fraction of sp³-hybridized carbons (Fsp3) is 0.524. The molecule has 1 aromatic heterocycles. The summed E-state index contributed by atoms with van der Waals surface area (Å²) in [4.78, 5) is 18.8. The molecule has 0 N–H and O–H groups in total. The van der Waals surface area contributed by atoms with Crippen LogP contribution < -0.4 is 0 Å². The summed E-state index contributed by atoms with van der Waals surface area (Å²) in [6, 6.07) is 8.59. The summed E-state index contributed by atoms with van der Waals surface area (Å²) < 4.78 is 5.82. The third-order valence-electron chi connectivity index (χ3n) is 5.21. The molecule has 1 heterocycles. The number of aryl methyl sites for hydroxylation is 2. The van der Waals surface area contributed by atoms with Gasteiger partial charge in [-0.15, -0.1) is 0 Å². The summed E-state index contributed by atoms with van der Waals surface area (Å²) in [6.07, 6.45) is 10.1. The highest BCUT2D eigenvalue weighted by Gasteiger charge is 2.21. The summed E-state index contributed by atoms with van der Waals surface area (Å²) in [6.45, 7) is 2.06. The third kappa shape index (κ3) is 4.71. The van der Waals surface area contributed by atoms with Crippen LogP contribution in [0.4, 0.5) is 0 Å². The molecule has 1 amide bonds. The van der Waals surface area contributed by atoms with Gasteiger partial charge in [-0.2, -0.15) is 0 Å². The second-order valence-electron chi connectivity index (χ2n) is 7.13. The minimum Gasteiger partial charge on any atom is -0.441 e. The molecule has 1 aromatic carbocycles. The Bertz CT molecular complexity index is 682. The largest absolute Gasteiger partial charge is 0.441 e. The molecule has 4 nitrogen and oxygen atoms in total. The fourth-order valence-corrected chi connectivity index (χ4v) is 3.52. The van der Waals surface area contributed by atoms with Crippen LogP contribution >= 0.6 is 0 Å². The van der Waals surface area contributed by atoms with E-state index in [0.717, 1.165) is 24.2 Å². The normalized spacial score (nSPS) is 15.8. The summed E-state index contributed by atoms with van der Waals surface area (Å²) in [5.41, 5.74) is 2.24. The molecular weight excluding hydrogens is 312 g/mol. The predicted octanol–water partition coefficient (Wildman–Crippen LogP) is 4.76. The summed E-state index contributed by atoms with van der Waals surface area (Å²) in [5.74, 6) is 1.60. The molecule has 1 aliphatic carbocycles. The Hall–Kier alpha value is -2.10. The average Bonchev–Trinajstić information content (AvgIpc) is 2.93. The van der Waals surface area contributed by atoms with Crippen LogP contribution in [0.5, 0.6) is 0 Å². The van der Waals surface area contributed by atoms with Gasteiger partial charge in [-0.25, -0.2) is 4.98 Å². The molecule has 4 heteroatoms. The molecule has 25 heavy (non-hydrogen) atoms. The van der Waals surface area contributed by atoms with Crippen molar-refractivity contribution < 1.29 is 9.21 Å². The van der Waals surface area contributed by atoms with Gasteiger partial charge in [0.25, 0.3) is 0 Å². The molecule has 0 bridgehead atoms. The summed E-state index contributed by atoms with van der Waals surface area (Å²) >= 11 is 0. The number of carbonyl (C=O) groups is 1. The van der Waals surface area contributed by atoms with Crippen LogP contribution in [0.3, 0.4) is 0 Å². The van der Waals surface area contributed by atoms with Crippen molar-refractivity contribution in [3.63, 3.8) is 0 Å². The topological polar surface area (TPSA) is 46.3 Å². The second kappa shape index (κ2) is 8.32. The van der Waals surface area contributed by atoms with Crippen molar-refractivity contribution in [3.8, 4) is 11.3 Å². The SMILES string of the molecule is Cc1ccc(-c2cnc(CCC(=O)N(C)C3CCCCCC3)o2)cc1. The predicted molar refractivity (Wildman–Crippen MR) is 99.3 cm³/mol. The molecule has 3 rings (SSSR count). The third-order valence-corrected chi connectivity index (χ3v) is 5.21. The van der Waals surface area contributed by atoms with Gasteiger partial charge in [0.05, 0.1) is 6.20 Å². The van der Waals surface area contributed by atoms with Gasteiger partial charge in [0.2, 0.25) is 5.91 Å². The van der Waals surface area contributed by atoms with Crippen molar-refractivity contribution in [1.29, 1.82) is 0 Å². The zero-order valence-corrected chi connectivity index (χ0v) is 15.3. The van der Waals surface area contributed by atoms with E-state index in [1.807, 2.05) is 24.1 Å². The lowest BCUT2D eigenvalue weighted by Gasteiger charge is -2.27. The Morgan fingerprint density at radius 3 is 2.52 bits per heavy atom. The Morgan fingerprint density at radius 2 is 1.84 bits per heavy atom. The van der Waals surface area contributed by atoms with E-state index in [1.165, 1.54) is 31.2 Å². The van der Waals surface area contributed by atoms with E-state index in [2.05, 4.69) is 24.0 Å². The smallest absolute Gasteiger partial charge is 0.223 e. The quantitative estimate of drug-likeness (QED) is 0.737. The molecule has 0 atom stereocenters. The molecule has 2 aromatic rings. The zero-order chi connectivity index (χ0) is 17.6. The molecule has 1 saturated carbocycles. The van der Waals surface area contributed by atoms with Gasteiger partial charge in [-0.3, -0.25) is 4.79 Å². The van der Waals surface area contributed by atoms with Crippen LogP contribution in [-0.4, -0.2) is 28.9 Å². The minimum absolute atomic E-state index is 0.196. The number of carbonyl (C=O) groups excluding carboxylic acids is 1. The first kappa shape index (κ1) is 17.7. The molecule has 134 valence electrons. The highest BCUT2D eigenvalue weighted by Crippen LogP contribution is 2.23. The van der Waals surface area contributed by atoms with Crippen molar-refractivity contribution in [2.45, 2.75) is 64.3 Å². The molecule has 1 fully saturated rings. The van der Waals surface area contributed by atoms with Crippen molar-refractivity contribution >= 4 is 5.91 Å². The molecule has 0 spiro atoms. The number of amides is 1. The van der Waals surface area contributed by atoms with E-state index in [9.17, 15) is 4.79 Å². The van der Waals surface area contributed by atoms with Crippen LogP contribution in [0.25, 0.3) is 11.3 Å². The van der Waals surface area contributed by atoms with Crippen molar-refractivity contribution in [2.75, 3.05) is 7.05 Å². The highest BCUT2D eigenvalue weighted by atomic mass is 16.4. The van der Waals surface area contributed by atoms with Crippen molar-refractivity contribution in [1.82, 2.24) is 9.88 Å². The number of oxazole rings is 1. The van der Waals surface area contributed by atoms with Gasteiger partial charge in [-0.1, -0.05) is 55.5 Å². The van der Waals surface area contributed by atoms with Crippen molar-refractivity contribution in [2.24, 2.45) is 0 Å². The Labute approximate surface area is 150 Å². The van der Waals surface area contributed by atoms with Gasteiger partial charge in [0.15, 0.2) is 11.7 Å². The molecule has 0 radical (unpaired) electrons. The summed E-state index contributed by atoms with van der Waals surface area (Å²) in [5, 5.41) is 0. The van der Waals surface area contributed by atoms with Crippen LogP contribution in [-0.2, 0) is 11.2 Å². The monoisotopic (exact) mass is 340 g/mol. The van der Waals surface area contributed by atoms with Gasteiger partial charge < -0.3 is 9.32 Å². The number of hydrogen-bond acceptors (Lipinski definition) is 3. The molecule has 0 saturated heterocycles. The van der Waals surface area contributed by atoms with E-state index in [0.29, 0.717) is 24.8 Å². The average molecular weight is 340 g/mol. The number of hydrogen-bond donors (Lipinski definition) is 0. The zero-order valence-electron chi connectivity index (χ0n) is 15.3. The number of aromatic nitrogens is 1. The van der Waals surface area contributed by atoms with Gasteiger partial charge >= 0.3 is 0 Å². The van der Waals surface area contributed by atoms with Crippen LogP contribution in [0.15, 0.2) is 34.9 Å². The van der Waals surface area contributed by atoms with Crippen molar-refractivity contribution in [3.05, 3.63) is 41.9 Å². The Morgan fingerprint density at radius 1 is 1.16 bits per heavy atom. The van der Waals surface area contributed by atoms with Crippen LogP contribution in [0, 0.1) is 6.92 Å². The van der Waals surface area contributed by atoms with E-state index in [-0.39, 0.29) is 5.91 Å². The lowest BCUT2D eigenvalue weighted by atomic mass is 10.1. The number of rotatable bonds is 5. The van der Waals surface area contributed by atoms with E-state index >= 15 is 0 Å². The first-order valence-corrected chi connectivity index (χ1v) is 9.41. The number of benzene rings is 1. The Balaban J connectivity index is 1.54. The Kier molecular flexibility index (Phi) is 5.90. The standard InChI is InChI=1S/C21H28N2O2/c1-16-9-11-17(12-10-16)19-15-22-20(25-19)13-14-21(24)23(2)18-7-5-3-4-6-8-18/h9-12,15,18H,3-8,13-14H2,1-2H3. The maximum absolute atomic E-state index is 12.5. The maximum Gasteiger partial charge on any atom is 0.223 e. The fourth-order valence-electron chi connectivity index (χ4n) is 3.52. The molecule has 0 aliphatic heterocycles. The van der Waals surface area contributed by atoms with E-state index in [4.69, 9.17) is 4.42 Å². The first-order chi connectivity index (χ1) is 12.1. The van der Waals surface area contributed by atoms with Crippen LogP contribution in [0.1, 0.15) is 56.4 Å². The molecule has 1 aliphatic rings. The molecular formula is C21H28N2O2. The van der Waals surface area contributed by atoms with Gasteiger partial charge in [0, 0.05) is 31.5 Å². The van der Waals surface area contributed by atoms with E-state index < -0.39 is 0 Å². The lowest BCUT2D eigenvalue weighted by molar-refractivity contribution is -0.132. The van der Waals surface area contributed by atoms with Crippen LogP contribution in [0.2, 0.25) is 0 Å². The second-order valence-corrected chi connectivity index (χ2v) is 7.13. The minimum atomic E-state index is 0.196. The first-order valence-electron chi connectivity index (χ1n) is 9.41. The number of nitrogens with zero attached hydrogens (tertiary/aromatic N) is 2. The lowest BCUT2D eigenvalue weighted by Crippen LogP contribution is -2.36. The highest BCUT2D eigenvalue weighted by molar-refractivity contribution is 5.76. The van der Waals surface area contributed by atoms with Gasteiger partial charge in [-0.05, 0) is 19.8 Å². The summed E-state index contributed by atoms with van der Waals surface area (Å²) in [7, 11) is 1.95. The van der Waals surface area contributed by atoms with E-state index in [1.54, 1.807) is 6.20 Å². The van der Waals surface area contributed by atoms with Gasteiger partial charge in [0.1, 0.15) is 0 Å².